The number of hydrogen-bond acceptors (Lipinski definition) is 15. The van der Waals surface area contributed by atoms with Gasteiger partial charge in [-0.25, -0.2) is 9.13 Å². The first-order chi connectivity index (χ1) is 47.5. The van der Waals surface area contributed by atoms with Crippen LogP contribution in [0.2, 0.25) is 0 Å². The van der Waals surface area contributed by atoms with Crippen LogP contribution >= 0.6 is 15.6 Å². The monoisotopic (exact) mass is 1440 g/mol. The van der Waals surface area contributed by atoms with Gasteiger partial charge in [-0.3, -0.25) is 37.3 Å². The summed E-state index contributed by atoms with van der Waals surface area (Å²) < 4.78 is 68.4. The zero-order valence-electron chi connectivity index (χ0n) is 63.9. The Bertz CT molecular complexity index is 1870. The van der Waals surface area contributed by atoms with Crippen LogP contribution in [0.1, 0.15) is 420 Å². The number of esters is 4. The number of rotatable bonds is 79. The molecular formula is C79H154O17P2. The van der Waals surface area contributed by atoms with Crippen LogP contribution in [-0.2, 0) is 65.4 Å². The average Bonchev–Trinajstić information content (AvgIpc) is 0.984. The number of hydrogen-bond donors (Lipinski definition) is 3. The van der Waals surface area contributed by atoms with Gasteiger partial charge in [0.25, 0.3) is 0 Å². The fourth-order valence-corrected chi connectivity index (χ4v) is 13.8. The number of carbonyl (C=O) groups excluding carboxylic acids is 4. The minimum absolute atomic E-state index is 0.106. The summed E-state index contributed by atoms with van der Waals surface area (Å²) in [6.45, 7) is 7.29. The van der Waals surface area contributed by atoms with E-state index >= 15 is 0 Å². The standard InChI is InChI=1S/C79H154O17P2/c1-6-9-12-15-18-21-22-23-24-25-26-27-28-29-30-35-38-41-45-50-55-60-65-79(84)96-75(69-90-77(82)63-58-53-48-44-40-37-34-32-31-33-36-39-43-46-51-56-61-72(4)5)71-94-98(87,88)92-67-73(80)66-91-97(85,86)93-70-74(68-89-76(81)62-57-52-47-20-17-14-11-8-3)95-78(83)64-59-54-49-42-19-16-13-10-7-2/h72-75,80H,6-71H2,1-5H3,(H,85,86)(H,87,88)/t73-,74+,75+/m0/s1. The molecule has 0 fully saturated rings. The van der Waals surface area contributed by atoms with Crippen LogP contribution in [-0.4, -0.2) is 96.7 Å². The molecule has 0 aliphatic rings. The van der Waals surface area contributed by atoms with E-state index in [4.69, 9.17) is 37.0 Å². The number of unbranched alkanes of at least 4 members (excludes halogenated alkanes) is 51. The van der Waals surface area contributed by atoms with Crippen molar-refractivity contribution in [3.8, 4) is 0 Å². The summed E-state index contributed by atoms with van der Waals surface area (Å²) in [5, 5.41) is 10.6. The first-order valence-electron chi connectivity index (χ1n) is 41.1. The molecule has 0 radical (unpaired) electrons. The lowest BCUT2D eigenvalue weighted by Crippen LogP contribution is -2.30. The lowest BCUT2D eigenvalue weighted by molar-refractivity contribution is -0.161. The second-order valence-electron chi connectivity index (χ2n) is 28.9. The Morgan fingerprint density at radius 2 is 0.469 bits per heavy atom. The molecule has 0 amide bonds. The fraction of sp³-hybridized carbons (Fsp3) is 0.949. The van der Waals surface area contributed by atoms with E-state index in [-0.39, 0.29) is 25.7 Å². The van der Waals surface area contributed by atoms with Gasteiger partial charge < -0.3 is 33.8 Å². The highest BCUT2D eigenvalue weighted by Crippen LogP contribution is 2.45. The SMILES string of the molecule is CCCCCCCCCCCCCCCCCCCCCCCCC(=O)O[C@H](COC(=O)CCCCCCCCCCCCCCCCCCC(C)C)COP(=O)(O)OC[C@@H](O)COP(=O)(O)OC[C@@H](COC(=O)CCCCCCCCCC)OC(=O)CCCCCCCCCCC. The second-order valence-corrected chi connectivity index (χ2v) is 31.8. The maximum Gasteiger partial charge on any atom is 0.472 e. The Morgan fingerprint density at radius 1 is 0.276 bits per heavy atom. The molecule has 0 aromatic heterocycles. The third-order valence-corrected chi connectivity index (χ3v) is 20.4. The van der Waals surface area contributed by atoms with Crippen LogP contribution < -0.4 is 0 Å². The predicted octanol–water partition coefficient (Wildman–Crippen LogP) is 23.6. The number of aliphatic hydroxyl groups is 1. The van der Waals surface area contributed by atoms with E-state index in [0.717, 1.165) is 102 Å². The lowest BCUT2D eigenvalue weighted by atomic mass is 10.0. The molecule has 5 atom stereocenters. The topological polar surface area (TPSA) is 237 Å². The van der Waals surface area contributed by atoms with Crippen molar-refractivity contribution in [1.29, 1.82) is 0 Å². The maximum absolute atomic E-state index is 13.1. The molecule has 0 spiro atoms. The summed E-state index contributed by atoms with van der Waals surface area (Å²) in [6, 6.07) is 0. The van der Waals surface area contributed by atoms with E-state index in [1.165, 1.54) is 238 Å². The van der Waals surface area contributed by atoms with Crippen molar-refractivity contribution in [3.63, 3.8) is 0 Å². The quantitative estimate of drug-likeness (QED) is 0.0222. The lowest BCUT2D eigenvalue weighted by Gasteiger charge is -2.21. The Morgan fingerprint density at radius 3 is 0.694 bits per heavy atom. The van der Waals surface area contributed by atoms with Crippen LogP contribution in [0.5, 0.6) is 0 Å². The number of ether oxygens (including phenoxy) is 4. The Hall–Kier alpha value is -1.94. The van der Waals surface area contributed by atoms with Gasteiger partial charge in [-0.15, -0.1) is 0 Å². The van der Waals surface area contributed by atoms with Crippen molar-refractivity contribution in [3.05, 3.63) is 0 Å². The zero-order valence-corrected chi connectivity index (χ0v) is 65.7. The maximum atomic E-state index is 13.1. The summed E-state index contributed by atoms with van der Waals surface area (Å²) in [4.78, 5) is 72.7. The van der Waals surface area contributed by atoms with Gasteiger partial charge in [0.1, 0.15) is 19.3 Å². The van der Waals surface area contributed by atoms with Gasteiger partial charge in [0, 0.05) is 25.7 Å². The van der Waals surface area contributed by atoms with E-state index in [2.05, 4.69) is 34.6 Å². The molecule has 2 unspecified atom stereocenters. The number of aliphatic hydroxyl groups excluding tert-OH is 1. The molecule has 98 heavy (non-hydrogen) atoms. The minimum atomic E-state index is -4.96. The highest BCUT2D eigenvalue weighted by molar-refractivity contribution is 7.47. The summed E-state index contributed by atoms with van der Waals surface area (Å²) in [5.41, 5.74) is 0. The molecule has 17 nitrogen and oxygen atoms in total. The van der Waals surface area contributed by atoms with Gasteiger partial charge in [0.2, 0.25) is 0 Å². The van der Waals surface area contributed by atoms with Crippen LogP contribution in [0.4, 0.5) is 0 Å². The van der Waals surface area contributed by atoms with Gasteiger partial charge in [0.05, 0.1) is 26.4 Å². The average molecular weight is 1440 g/mol. The van der Waals surface area contributed by atoms with Crippen LogP contribution in [0.3, 0.4) is 0 Å². The number of phosphoric acid groups is 2. The van der Waals surface area contributed by atoms with E-state index in [1.54, 1.807) is 0 Å². The van der Waals surface area contributed by atoms with Crippen molar-refractivity contribution in [1.82, 2.24) is 0 Å². The first-order valence-corrected chi connectivity index (χ1v) is 44.1. The number of phosphoric ester groups is 2. The van der Waals surface area contributed by atoms with Gasteiger partial charge in [-0.2, -0.15) is 0 Å². The summed E-state index contributed by atoms with van der Waals surface area (Å²) in [5.74, 6) is -1.30. The molecule has 19 heteroatoms. The highest BCUT2D eigenvalue weighted by Gasteiger charge is 2.30. The van der Waals surface area contributed by atoms with Crippen LogP contribution in [0.25, 0.3) is 0 Å². The first kappa shape index (κ1) is 96.1. The van der Waals surface area contributed by atoms with Crippen molar-refractivity contribution in [2.45, 2.75) is 438 Å². The molecule has 3 N–H and O–H groups in total. The zero-order chi connectivity index (χ0) is 71.9. The fourth-order valence-electron chi connectivity index (χ4n) is 12.2. The van der Waals surface area contributed by atoms with Crippen LogP contribution in [0, 0.1) is 5.92 Å². The molecule has 0 aliphatic heterocycles. The van der Waals surface area contributed by atoms with Crippen molar-refractivity contribution < 1.29 is 80.2 Å². The predicted molar refractivity (Wildman–Crippen MR) is 400 cm³/mol. The summed E-state index contributed by atoms with van der Waals surface area (Å²) in [6.07, 6.45) is 62.8. The molecule has 0 rings (SSSR count). The molecule has 0 aliphatic carbocycles. The van der Waals surface area contributed by atoms with Gasteiger partial charge in [-0.05, 0) is 31.6 Å². The van der Waals surface area contributed by atoms with Crippen molar-refractivity contribution in [2.75, 3.05) is 39.6 Å². The van der Waals surface area contributed by atoms with Gasteiger partial charge in [0.15, 0.2) is 12.2 Å². The smallest absolute Gasteiger partial charge is 0.462 e. The van der Waals surface area contributed by atoms with Crippen LogP contribution in [0.15, 0.2) is 0 Å². The Kier molecular flexibility index (Phi) is 70.6. The Labute approximate surface area is 600 Å². The molecular weight excluding hydrogens is 1280 g/mol. The highest BCUT2D eigenvalue weighted by atomic mass is 31.2. The normalized spacial score (nSPS) is 13.9. The molecule has 0 aromatic carbocycles. The molecule has 582 valence electrons. The molecule has 0 saturated heterocycles. The van der Waals surface area contributed by atoms with Gasteiger partial charge in [-0.1, -0.05) is 369 Å². The van der Waals surface area contributed by atoms with E-state index in [0.29, 0.717) is 25.7 Å². The molecule has 0 heterocycles. The molecule has 0 saturated carbocycles. The van der Waals surface area contributed by atoms with Gasteiger partial charge >= 0.3 is 39.5 Å². The van der Waals surface area contributed by atoms with Crippen molar-refractivity contribution in [2.24, 2.45) is 5.92 Å². The minimum Gasteiger partial charge on any atom is -0.462 e. The van der Waals surface area contributed by atoms with E-state index in [9.17, 15) is 43.2 Å². The van der Waals surface area contributed by atoms with Crippen molar-refractivity contribution >= 4 is 39.5 Å². The van der Waals surface area contributed by atoms with E-state index < -0.39 is 97.5 Å². The summed E-state index contributed by atoms with van der Waals surface area (Å²) >= 11 is 0. The second kappa shape index (κ2) is 72.0. The molecule has 0 bridgehead atoms. The summed E-state index contributed by atoms with van der Waals surface area (Å²) in [7, 11) is -9.90. The Balaban J connectivity index is 5.13. The van der Waals surface area contributed by atoms with E-state index in [1.807, 2.05) is 0 Å². The number of carbonyl (C=O) groups is 4. The third kappa shape index (κ3) is 72.4. The largest absolute Gasteiger partial charge is 0.472 e. The molecule has 0 aromatic rings. The third-order valence-electron chi connectivity index (χ3n) is 18.5.